The molecule has 7 rings (SSSR count). The normalized spacial score (nSPS) is 53.4. The number of carbonyl (C=O) groups is 3. The number of epoxide rings is 2. The SMILES string of the molecule is CC(=O)C12/C=C/C=C\C(=O)OC3CC4OC5C=C(C)CCC5(COC(=O)C5OC5(CCO1)C2O)C3(C)C41CO1. The van der Waals surface area contributed by atoms with Gasteiger partial charge in [0.25, 0.3) is 0 Å². The van der Waals surface area contributed by atoms with Crippen LogP contribution in [0.5, 0.6) is 0 Å². The Kier molecular flexibility index (Phi) is 5.31. The molecule has 10 unspecified atom stereocenters. The van der Waals surface area contributed by atoms with Gasteiger partial charge in [-0.2, -0.15) is 0 Å². The van der Waals surface area contributed by atoms with E-state index in [1.807, 2.05) is 0 Å². The third-order valence-electron chi connectivity index (χ3n) is 10.8. The zero-order valence-corrected chi connectivity index (χ0v) is 22.3. The van der Waals surface area contributed by atoms with Crippen molar-refractivity contribution in [2.45, 2.75) is 93.8 Å². The van der Waals surface area contributed by atoms with Crippen molar-refractivity contribution >= 4 is 17.7 Å². The first-order chi connectivity index (χ1) is 18.5. The Bertz CT molecular complexity index is 1230. The monoisotopic (exact) mass is 542 g/mol. The largest absolute Gasteiger partial charge is 0.463 e. The van der Waals surface area contributed by atoms with E-state index >= 15 is 0 Å². The lowest BCUT2D eigenvalue weighted by Gasteiger charge is -2.58. The zero-order valence-electron chi connectivity index (χ0n) is 22.3. The van der Waals surface area contributed by atoms with Gasteiger partial charge in [0.05, 0.1) is 30.8 Å². The van der Waals surface area contributed by atoms with Crippen molar-refractivity contribution in [2.75, 3.05) is 19.8 Å². The zero-order chi connectivity index (χ0) is 27.4. The molecule has 0 amide bonds. The van der Waals surface area contributed by atoms with Crippen molar-refractivity contribution in [1.29, 1.82) is 0 Å². The van der Waals surface area contributed by atoms with E-state index in [1.165, 1.54) is 36.8 Å². The third kappa shape index (κ3) is 3.12. The van der Waals surface area contributed by atoms with E-state index in [0.717, 1.165) is 6.42 Å². The van der Waals surface area contributed by atoms with Gasteiger partial charge >= 0.3 is 11.9 Å². The molecule has 0 aromatic heterocycles. The fraction of sp³-hybridized carbons (Fsp3) is 0.690. The summed E-state index contributed by atoms with van der Waals surface area (Å²) >= 11 is 0. The first-order valence-electron chi connectivity index (χ1n) is 13.8. The molecule has 39 heavy (non-hydrogen) atoms. The molecule has 4 bridgehead atoms. The number of ether oxygens (including phenoxy) is 6. The van der Waals surface area contributed by atoms with Crippen molar-refractivity contribution in [2.24, 2.45) is 10.8 Å². The lowest BCUT2D eigenvalue weighted by Crippen LogP contribution is -2.67. The van der Waals surface area contributed by atoms with Crippen LogP contribution in [0.15, 0.2) is 36.0 Å². The minimum atomic E-state index is -1.72. The Hall–Kier alpha value is -2.37. The number of hydrogen-bond acceptors (Lipinski definition) is 10. The molecule has 0 aromatic rings. The molecule has 2 aliphatic carbocycles. The molecular weight excluding hydrogens is 508 g/mol. The molecule has 10 heteroatoms. The van der Waals surface area contributed by atoms with Gasteiger partial charge in [0.15, 0.2) is 17.5 Å². The van der Waals surface area contributed by atoms with Gasteiger partial charge in [-0.25, -0.2) is 9.59 Å². The Labute approximate surface area is 226 Å². The number of ketones is 1. The minimum Gasteiger partial charge on any atom is -0.463 e. The van der Waals surface area contributed by atoms with Gasteiger partial charge < -0.3 is 33.5 Å². The van der Waals surface area contributed by atoms with Crippen molar-refractivity contribution in [3.8, 4) is 0 Å². The van der Waals surface area contributed by atoms with E-state index in [9.17, 15) is 19.5 Å². The molecule has 1 N–H and O–H groups in total. The van der Waals surface area contributed by atoms with Crippen LogP contribution >= 0.6 is 0 Å². The number of rotatable bonds is 1. The van der Waals surface area contributed by atoms with Crippen LogP contribution in [-0.4, -0.2) is 90.0 Å². The van der Waals surface area contributed by atoms with Crippen molar-refractivity contribution < 1.29 is 47.9 Å². The molecule has 10 nitrogen and oxygen atoms in total. The average Bonchev–Trinajstić information content (AvgIpc) is 3.81. The minimum absolute atomic E-state index is 0.0127. The number of aliphatic hydroxyl groups is 1. The summed E-state index contributed by atoms with van der Waals surface area (Å²) in [7, 11) is 0. The standard InChI is InChI=1S/C29H34O10/c1-16-7-9-26-14-34-23(32)22-28(39-22)10-11-35-27(17(2)30,24(28)33)8-5-4-6-21(31)38-18-13-20(37-19(26)12-16)29(15-36-29)25(18,26)3/h4-6,8,12,18-20,22,24,33H,7,9-11,13-15H2,1-3H3/b6-4-,8-5+. The van der Waals surface area contributed by atoms with Crippen molar-refractivity contribution in [1.82, 2.24) is 0 Å². The maximum atomic E-state index is 13.5. The lowest BCUT2D eigenvalue weighted by molar-refractivity contribution is -0.233. The quantitative estimate of drug-likeness (QED) is 0.295. The van der Waals surface area contributed by atoms with E-state index in [0.29, 0.717) is 19.4 Å². The lowest BCUT2D eigenvalue weighted by atomic mass is 9.51. The second-order valence-corrected chi connectivity index (χ2v) is 12.4. The summed E-state index contributed by atoms with van der Waals surface area (Å²) < 4.78 is 36.5. The highest BCUT2D eigenvalue weighted by Crippen LogP contribution is 2.72. The van der Waals surface area contributed by atoms with E-state index in [1.54, 1.807) is 0 Å². The van der Waals surface area contributed by atoms with Gasteiger partial charge in [0, 0.05) is 24.3 Å². The second-order valence-electron chi connectivity index (χ2n) is 12.4. The molecule has 5 aliphatic heterocycles. The smallest absolute Gasteiger partial charge is 0.338 e. The first kappa shape index (κ1) is 25.6. The van der Waals surface area contributed by atoms with Gasteiger partial charge in [-0.3, -0.25) is 4.79 Å². The Morgan fingerprint density at radius 2 is 1.90 bits per heavy atom. The highest BCUT2D eigenvalue weighted by atomic mass is 16.7. The molecule has 4 saturated heterocycles. The number of Topliss-reactive ketones (excluding diaryl/α,β-unsaturated/α-hetero) is 1. The highest BCUT2D eigenvalue weighted by Gasteiger charge is 2.83. The molecule has 0 radical (unpaired) electrons. The predicted octanol–water partition coefficient (Wildman–Crippen LogP) is 1.49. The molecule has 10 atom stereocenters. The summed E-state index contributed by atoms with van der Waals surface area (Å²) in [6.45, 7) is 6.05. The summed E-state index contributed by atoms with van der Waals surface area (Å²) in [5, 5.41) is 11.4. The number of esters is 2. The summed E-state index contributed by atoms with van der Waals surface area (Å²) in [5.74, 6) is -1.59. The maximum absolute atomic E-state index is 13.5. The molecule has 5 heterocycles. The maximum Gasteiger partial charge on any atom is 0.338 e. The predicted molar refractivity (Wildman–Crippen MR) is 132 cm³/mol. The van der Waals surface area contributed by atoms with E-state index in [4.69, 9.17) is 28.4 Å². The fourth-order valence-electron chi connectivity index (χ4n) is 8.26. The number of aliphatic hydroxyl groups excluding tert-OH is 1. The number of fused-ring (bicyclic) bond motifs is 1. The Balaban J connectivity index is 1.31. The van der Waals surface area contributed by atoms with Gasteiger partial charge in [-0.15, -0.1) is 0 Å². The van der Waals surface area contributed by atoms with Gasteiger partial charge in [0.1, 0.15) is 30.0 Å². The van der Waals surface area contributed by atoms with Gasteiger partial charge in [-0.1, -0.05) is 30.7 Å². The molecule has 3 spiro atoms. The summed E-state index contributed by atoms with van der Waals surface area (Å²) in [6.07, 6.45) is 6.29. The molecule has 0 aromatic carbocycles. The fourth-order valence-corrected chi connectivity index (χ4v) is 8.26. The molecule has 210 valence electrons. The Morgan fingerprint density at radius 3 is 2.64 bits per heavy atom. The van der Waals surface area contributed by atoms with Crippen molar-refractivity contribution in [3.63, 3.8) is 0 Å². The number of carbonyl (C=O) groups excluding carboxylic acids is 3. The first-order valence-corrected chi connectivity index (χ1v) is 13.8. The summed E-state index contributed by atoms with van der Waals surface area (Å²) in [6, 6.07) is 0. The van der Waals surface area contributed by atoms with Crippen LogP contribution in [0, 0.1) is 10.8 Å². The van der Waals surface area contributed by atoms with Crippen LogP contribution in [0.3, 0.4) is 0 Å². The van der Waals surface area contributed by atoms with Gasteiger partial charge in [-0.05, 0) is 32.8 Å². The number of allylic oxidation sites excluding steroid dienone is 3. The van der Waals surface area contributed by atoms with Crippen LogP contribution in [0.25, 0.3) is 0 Å². The highest BCUT2D eigenvalue weighted by molar-refractivity contribution is 5.90. The van der Waals surface area contributed by atoms with Crippen LogP contribution in [0.4, 0.5) is 0 Å². The number of cyclic esters (lactones) is 1. The van der Waals surface area contributed by atoms with Crippen LogP contribution < -0.4 is 0 Å². The van der Waals surface area contributed by atoms with Gasteiger partial charge in [0.2, 0.25) is 0 Å². The molecule has 5 fully saturated rings. The summed E-state index contributed by atoms with van der Waals surface area (Å²) in [5.41, 5.74) is -3.83. The van der Waals surface area contributed by atoms with Crippen molar-refractivity contribution in [3.05, 3.63) is 36.0 Å². The van der Waals surface area contributed by atoms with Crippen LogP contribution in [0.1, 0.15) is 46.5 Å². The second kappa shape index (κ2) is 8.10. The molecule has 7 aliphatic rings. The van der Waals surface area contributed by atoms with E-state index < -0.39 is 63.7 Å². The number of hydrogen-bond donors (Lipinski definition) is 1. The van der Waals surface area contributed by atoms with Crippen LogP contribution in [-0.2, 0) is 42.8 Å². The van der Waals surface area contributed by atoms with E-state index in [2.05, 4.69) is 19.9 Å². The van der Waals surface area contributed by atoms with Crippen LogP contribution in [0.2, 0.25) is 0 Å². The average molecular weight is 543 g/mol. The molecule has 1 saturated carbocycles. The Morgan fingerprint density at radius 1 is 1.10 bits per heavy atom. The molecular formula is C29H34O10. The topological polar surface area (TPSA) is 133 Å². The third-order valence-corrected chi connectivity index (χ3v) is 10.8. The van der Waals surface area contributed by atoms with E-state index in [-0.39, 0.29) is 31.8 Å². The summed E-state index contributed by atoms with van der Waals surface area (Å²) in [4.78, 5) is 39.3.